The van der Waals surface area contributed by atoms with Crippen LogP contribution in [-0.2, 0) is 13.1 Å². The fourth-order valence-electron chi connectivity index (χ4n) is 2.53. The van der Waals surface area contributed by atoms with E-state index in [-0.39, 0.29) is 12.3 Å². The molecule has 0 spiro atoms. The first-order valence-corrected chi connectivity index (χ1v) is 7.89. The van der Waals surface area contributed by atoms with Crippen LogP contribution in [0.15, 0.2) is 60.8 Å². The first-order valence-electron chi connectivity index (χ1n) is 7.89. The van der Waals surface area contributed by atoms with Gasteiger partial charge in [0.2, 0.25) is 0 Å². The summed E-state index contributed by atoms with van der Waals surface area (Å²) < 4.78 is 41.6. The predicted molar refractivity (Wildman–Crippen MR) is 89.7 cm³/mol. The van der Waals surface area contributed by atoms with Crippen molar-refractivity contribution in [1.82, 2.24) is 19.9 Å². The summed E-state index contributed by atoms with van der Waals surface area (Å²) in [6.07, 6.45) is -3.07. The molecule has 2 aromatic carbocycles. The lowest BCUT2D eigenvalue weighted by Crippen LogP contribution is -2.21. The Hall–Kier alpha value is -2.87. The summed E-state index contributed by atoms with van der Waals surface area (Å²) >= 11 is 0. The number of ether oxygens (including phenoxy) is 1. The molecule has 8 heteroatoms. The smallest absolute Gasteiger partial charge is 0.405 e. The summed E-state index contributed by atoms with van der Waals surface area (Å²) in [7, 11) is 1.80. The van der Waals surface area contributed by atoms with E-state index >= 15 is 0 Å². The van der Waals surface area contributed by atoms with Crippen LogP contribution in [0.25, 0.3) is 5.69 Å². The van der Waals surface area contributed by atoms with Gasteiger partial charge in [-0.3, -0.25) is 4.90 Å². The van der Waals surface area contributed by atoms with Crippen molar-refractivity contribution in [3.8, 4) is 11.4 Å². The Labute approximate surface area is 148 Å². The molecule has 0 aliphatic rings. The zero-order valence-corrected chi connectivity index (χ0v) is 14.0. The summed E-state index contributed by atoms with van der Waals surface area (Å²) in [5.74, 6) is -0.195. The highest BCUT2D eigenvalue weighted by molar-refractivity contribution is 5.33. The first-order chi connectivity index (χ1) is 12.4. The quantitative estimate of drug-likeness (QED) is 0.669. The number of alkyl halides is 3. The van der Waals surface area contributed by atoms with Gasteiger partial charge in [0.25, 0.3) is 0 Å². The van der Waals surface area contributed by atoms with Gasteiger partial charge in [-0.2, -0.15) is 15.0 Å². The highest BCUT2D eigenvalue weighted by atomic mass is 19.4. The van der Waals surface area contributed by atoms with Gasteiger partial charge in [-0.05, 0) is 25.2 Å². The molecule has 0 unspecified atom stereocenters. The van der Waals surface area contributed by atoms with E-state index in [1.807, 2.05) is 35.2 Å². The third-order valence-electron chi connectivity index (χ3n) is 3.60. The van der Waals surface area contributed by atoms with Crippen molar-refractivity contribution < 1.29 is 17.9 Å². The molecule has 0 aliphatic carbocycles. The number of hydrogen-bond acceptors (Lipinski definition) is 4. The molecule has 136 valence electrons. The molecule has 0 radical (unpaired) electrons. The second-order valence-electron chi connectivity index (χ2n) is 5.79. The van der Waals surface area contributed by atoms with E-state index in [1.54, 1.807) is 25.4 Å². The molecular formula is C18H17F3N4O. The number of nitrogens with zero attached hydrogens (tertiary/aromatic N) is 4. The largest absolute Gasteiger partial charge is 0.573 e. The minimum absolute atomic E-state index is 0.195. The van der Waals surface area contributed by atoms with E-state index in [4.69, 9.17) is 0 Å². The van der Waals surface area contributed by atoms with Gasteiger partial charge in [-0.1, -0.05) is 36.4 Å². The Balaban J connectivity index is 1.67. The van der Waals surface area contributed by atoms with Gasteiger partial charge in [0.05, 0.1) is 17.6 Å². The molecule has 3 rings (SSSR count). The topological polar surface area (TPSA) is 43.2 Å². The lowest BCUT2D eigenvalue weighted by atomic mass is 10.2. The highest BCUT2D eigenvalue weighted by Gasteiger charge is 2.32. The Morgan fingerprint density at radius 1 is 1.00 bits per heavy atom. The Morgan fingerprint density at radius 2 is 1.69 bits per heavy atom. The van der Waals surface area contributed by atoms with Crippen molar-refractivity contribution in [2.45, 2.75) is 19.5 Å². The van der Waals surface area contributed by atoms with E-state index < -0.39 is 6.36 Å². The molecule has 1 aromatic heterocycles. The molecule has 3 aromatic rings. The summed E-state index contributed by atoms with van der Waals surface area (Å²) in [5, 5.41) is 8.61. The van der Waals surface area contributed by atoms with Gasteiger partial charge < -0.3 is 4.74 Å². The molecule has 0 N–H and O–H groups in total. The number of halogens is 3. The Kier molecular flexibility index (Phi) is 5.22. The van der Waals surface area contributed by atoms with E-state index in [0.29, 0.717) is 17.8 Å². The zero-order valence-electron chi connectivity index (χ0n) is 14.0. The van der Waals surface area contributed by atoms with Crippen LogP contribution < -0.4 is 4.74 Å². The number of rotatable bonds is 6. The maximum absolute atomic E-state index is 12.5. The molecule has 5 nitrogen and oxygen atoms in total. The van der Waals surface area contributed by atoms with Crippen LogP contribution in [0.2, 0.25) is 0 Å². The summed E-state index contributed by atoms with van der Waals surface area (Å²) in [6, 6.07) is 15.6. The fraction of sp³-hybridized carbons (Fsp3) is 0.222. The maximum Gasteiger partial charge on any atom is 0.573 e. The first kappa shape index (κ1) is 17.9. The molecule has 26 heavy (non-hydrogen) atoms. The Morgan fingerprint density at radius 3 is 2.42 bits per heavy atom. The maximum atomic E-state index is 12.5. The molecule has 0 atom stereocenters. The SMILES string of the molecule is CN(Cc1cnn(-c2ccccc2)n1)Cc1ccccc1OC(F)(F)F. The summed E-state index contributed by atoms with van der Waals surface area (Å²) in [4.78, 5) is 3.36. The van der Waals surface area contributed by atoms with E-state index in [9.17, 15) is 13.2 Å². The van der Waals surface area contributed by atoms with Gasteiger partial charge >= 0.3 is 6.36 Å². The van der Waals surface area contributed by atoms with E-state index in [1.165, 1.54) is 16.9 Å². The van der Waals surface area contributed by atoms with Gasteiger partial charge in [0, 0.05) is 18.7 Å². The van der Waals surface area contributed by atoms with Gasteiger partial charge in [0.1, 0.15) is 5.75 Å². The van der Waals surface area contributed by atoms with Crippen LogP contribution in [-0.4, -0.2) is 33.3 Å². The number of hydrogen-bond donors (Lipinski definition) is 0. The second-order valence-corrected chi connectivity index (χ2v) is 5.79. The van der Waals surface area contributed by atoms with Crippen molar-refractivity contribution in [1.29, 1.82) is 0 Å². The number of benzene rings is 2. The van der Waals surface area contributed by atoms with Crippen molar-refractivity contribution >= 4 is 0 Å². The third kappa shape index (κ3) is 4.82. The lowest BCUT2D eigenvalue weighted by molar-refractivity contribution is -0.275. The van der Waals surface area contributed by atoms with Crippen LogP contribution in [0.3, 0.4) is 0 Å². The molecule has 0 bridgehead atoms. The predicted octanol–water partition coefficient (Wildman–Crippen LogP) is 3.80. The molecule has 0 saturated carbocycles. The van der Waals surface area contributed by atoms with E-state index in [2.05, 4.69) is 14.9 Å². The molecule has 0 aliphatic heterocycles. The normalized spacial score (nSPS) is 11.7. The average Bonchev–Trinajstić information content (AvgIpc) is 3.04. The van der Waals surface area contributed by atoms with Crippen molar-refractivity contribution in [2.75, 3.05) is 7.05 Å². The second kappa shape index (κ2) is 7.57. The van der Waals surface area contributed by atoms with E-state index in [0.717, 1.165) is 5.69 Å². The van der Waals surface area contributed by atoms with Gasteiger partial charge in [0.15, 0.2) is 0 Å². The summed E-state index contributed by atoms with van der Waals surface area (Å²) in [6.45, 7) is 0.720. The molecule has 0 amide bonds. The standard InChI is InChI=1S/C18H17F3N4O/c1-24(12-14-7-5-6-10-17(14)26-18(19,20)21)13-15-11-22-25(23-15)16-8-3-2-4-9-16/h2-11H,12-13H2,1H3. The zero-order chi connectivity index (χ0) is 18.6. The van der Waals surface area contributed by atoms with Crippen molar-refractivity contribution in [3.05, 3.63) is 72.1 Å². The number of aromatic nitrogens is 3. The number of para-hydroxylation sites is 2. The fourth-order valence-corrected chi connectivity index (χ4v) is 2.53. The molecule has 1 heterocycles. The average molecular weight is 362 g/mol. The minimum Gasteiger partial charge on any atom is -0.405 e. The monoisotopic (exact) mass is 362 g/mol. The molecule has 0 fully saturated rings. The minimum atomic E-state index is -4.72. The lowest BCUT2D eigenvalue weighted by Gasteiger charge is -2.18. The third-order valence-corrected chi connectivity index (χ3v) is 3.60. The summed E-state index contributed by atoms with van der Waals surface area (Å²) in [5.41, 5.74) is 2.00. The molecule has 0 saturated heterocycles. The van der Waals surface area contributed by atoms with Crippen LogP contribution in [0.4, 0.5) is 13.2 Å². The van der Waals surface area contributed by atoms with Crippen molar-refractivity contribution in [2.24, 2.45) is 0 Å². The highest BCUT2D eigenvalue weighted by Crippen LogP contribution is 2.27. The van der Waals surface area contributed by atoms with Crippen LogP contribution in [0, 0.1) is 0 Å². The van der Waals surface area contributed by atoms with Gasteiger partial charge in [-0.25, -0.2) is 0 Å². The molecular weight excluding hydrogens is 345 g/mol. The van der Waals surface area contributed by atoms with Crippen LogP contribution in [0.1, 0.15) is 11.3 Å². The Bertz CT molecular complexity index is 849. The van der Waals surface area contributed by atoms with Crippen molar-refractivity contribution in [3.63, 3.8) is 0 Å². The van der Waals surface area contributed by atoms with Crippen LogP contribution in [0.5, 0.6) is 5.75 Å². The van der Waals surface area contributed by atoms with Gasteiger partial charge in [-0.15, -0.1) is 13.2 Å². The van der Waals surface area contributed by atoms with Crippen LogP contribution >= 0.6 is 0 Å².